The molecule has 6 heteroatoms. The van der Waals surface area contributed by atoms with E-state index in [1.54, 1.807) is 25.1 Å². The molecule has 0 aliphatic rings. The van der Waals surface area contributed by atoms with Crippen molar-refractivity contribution in [1.29, 1.82) is 0 Å². The average Bonchev–Trinajstić information content (AvgIpc) is 2.46. The number of aromatic nitrogens is 2. The second-order valence-corrected chi connectivity index (χ2v) is 4.62. The van der Waals surface area contributed by atoms with Crippen molar-refractivity contribution in [3.8, 4) is 11.4 Å². The second kappa shape index (κ2) is 6.68. The van der Waals surface area contributed by atoms with Crippen LogP contribution in [-0.4, -0.2) is 22.5 Å². The van der Waals surface area contributed by atoms with E-state index in [-0.39, 0.29) is 18.1 Å². The lowest BCUT2D eigenvalue weighted by atomic mass is 10.2. The summed E-state index contributed by atoms with van der Waals surface area (Å²) in [4.78, 5) is 20.2. The number of carbonyl (C=O) groups excluding carboxylic acids is 1. The molecule has 104 valence electrons. The number of esters is 1. The highest BCUT2D eigenvalue weighted by Gasteiger charge is 2.15. The molecule has 0 radical (unpaired) electrons. The van der Waals surface area contributed by atoms with E-state index in [1.165, 1.54) is 6.20 Å². The Morgan fingerprint density at radius 2 is 2.20 bits per heavy atom. The molecule has 0 bridgehead atoms. The van der Waals surface area contributed by atoms with Crippen LogP contribution in [0.15, 0.2) is 30.5 Å². The van der Waals surface area contributed by atoms with Crippen molar-refractivity contribution in [3.05, 3.63) is 46.7 Å². The summed E-state index contributed by atoms with van der Waals surface area (Å²) in [5.41, 5.74) is 1.49. The molecular formula is C14H12Cl2N2O2. The first-order chi connectivity index (χ1) is 9.65. The topological polar surface area (TPSA) is 52.1 Å². The Morgan fingerprint density at radius 1 is 1.40 bits per heavy atom. The molecule has 0 saturated heterocycles. The summed E-state index contributed by atoms with van der Waals surface area (Å²) in [6.45, 7) is 2.02. The van der Waals surface area contributed by atoms with Gasteiger partial charge in [0.15, 0.2) is 5.82 Å². The molecule has 1 aromatic carbocycles. The van der Waals surface area contributed by atoms with Gasteiger partial charge >= 0.3 is 5.97 Å². The van der Waals surface area contributed by atoms with E-state index in [9.17, 15) is 4.79 Å². The highest BCUT2D eigenvalue weighted by molar-refractivity contribution is 6.30. The average molecular weight is 311 g/mol. The van der Waals surface area contributed by atoms with Crippen molar-refractivity contribution in [2.24, 2.45) is 0 Å². The van der Waals surface area contributed by atoms with Crippen LogP contribution in [0.4, 0.5) is 0 Å². The summed E-state index contributed by atoms with van der Waals surface area (Å²) in [6.07, 6.45) is 1.43. The number of hydrogen-bond donors (Lipinski definition) is 0. The molecule has 1 heterocycles. The predicted octanol–water partition coefficient (Wildman–Crippen LogP) is 3.71. The van der Waals surface area contributed by atoms with Gasteiger partial charge in [0.2, 0.25) is 0 Å². The third-order valence-electron chi connectivity index (χ3n) is 2.57. The van der Waals surface area contributed by atoms with Crippen LogP contribution in [0.1, 0.15) is 23.0 Å². The van der Waals surface area contributed by atoms with E-state index in [0.29, 0.717) is 16.5 Å². The fraction of sp³-hybridized carbons (Fsp3) is 0.214. The van der Waals surface area contributed by atoms with Gasteiger partial charge in [-0.3, -0.25) is 0 Å². The smallest absolute Gasteiger partial charge is 0.341 e. The van der Waals surface area contributed by atoms with Gasteiger partial charge in [0.25, 0.3) is 0 Å². The third-order valence-corrected chi connectivity index (χ3v) is 3.06. The van der Waals surface area contributed by atoms with Crippen molar-refractivity contribution in [2.45, 2.75) is 12.8 Å². The second-order valence-electron chi connectivity index (χ2n) is 3.92. The molecule has 0 saturated carbocycles. The number of halogens is 2. The summed E-state index contributed by atoms with van der Waals surface area (Å²) in [5, 5.41) is 0.591. The van der Waals surface area contributed by atoms with E-state index in [0.717, 1.165) is 5.56 Å². The van der Waals surface area contributed by atoms with Crippen molar-refractivity contribution >= 4 is 29.2 Å². The summed E-state index contributed by atoms with van der Waals surface area (Å²) in [5.74, 6) is 0.0986. The normalized spacial score (nSPS) is 10.3. The molecule has 0 fully saturated rings. The van der Waals surface area contributed by atoms with E-state index >= 15 is 0 Å². The quantitative estimate of drug-likeness (QED) is 0.638. The lowest BCUT2D eigenvalue weighted by molar-refractivity contribution is 0.0524. The molecule has 2 aromatic rings. The number of carbonyl (C=O) groups is 1. The monoisotopic (exact) mass is 310 g/mol. The molecule has 0 aliphatic heterocycles. The van der Waals surface area contributed by atoms with Crippen LogP contribution in [0, 0.1) is 0 Å². The Balaban J connectivity index is 2.41. The minimum atomic E-state index is -0.471. The molecule has 0 amide bonds. The van der Waals surface area contributed by atoms with Gasteiger partial charge in [0.1, 0.15) is 5.56 Å². The fourth-order valence-corrected chi connectivity index (χ4v) is 2.06. The highest BCUT2D eigenvalue weighted by atomic mass is 35.5. The van der Waals surface area contributed by atoms with Crippen molar-refractivity contribution in [3.63, 3.8) is 0 Å². The summed E-state index contributed by atoms with van der Waals surface area (Å²) < 4.78 is 4.94. The first-order valence-electron chi connectivity index (χ1n) is 6.00. The first-order valence-corrected chi connectivity index (χ1v) is 6.92. The molecule has 20 heavy (non-hydrogen) atoms. The Hall–Kier alpha value is -1.65. The summed E-state index contributed by atoms with van der Waals surface area (Å²) in [7, 11) is 0. The predicted molar refractivity (Wildman–Crippen MR) is 78.0 cm³/mol. The lowest BCUT2D eigenvalue weighted by Gasteiger charge is -2.07. The van der Waals surface area contributed by atoms with Gasteiger partial charge < -0.3 is 4.74 Å². The van der Waals surface area contributed by atoms with Gasteiger partial charge in [-0.25, -0.2) is 14.8 Å². The van der Waals surface area contributed by atoms with E-state index in [2.05, 4.69) is 9.97 Å². The number of alkyl halides is 1. The van der Waals surface area contributed by atoms with Gasteiger partial charge in [-0.2, -0.15) is 0 Å². The van der Waals surface area contributed by atoms with Crippen LogP contribution >= 0.6 is 23.2 Å². The highest BCUT2D eigenvalue weighted by Crippen LogP contribution is 2.21. The number of hydrogen-bond acceptors (Lipinski definition) is 4. The van der Waals surface area contributed by atoms with Crippen molar-refractivity contribution < 1.29 is 9.53 Å². The zero-order chi connectivity index (χ0) is 14.5. The van der Waals surface area contributed by atoms with Crippen molar-refractivity contribution in [2.75, 3.05) is 6.61 Å². The molecule has 0 N–H and O–H groups in total. The standard InChI is InChI=1S/C14H12Cl2N2O2/c1-2-20-14(19)11-8-17-13(18-12(11)7-15)9-4-3-5-10(16)6-9/h3-6,8H,2,7H2,1H3. The lowest BCUT2D eigenvalue weighted by Crippen LogP contribution is -2.10. The van der Waals surface area contributed by atoms with Gasteiger partial charge in [-0.05, 0) is 19.1 Å². The number of nitrogens with zero attached hydrogens (tertiary/aromatic N) is 2. The van der Waals surface area contributed by atoms with Crippen LogP contribution in [0.2, 0.25) is 5.02 Å². The minimum Gasteiger partial charge on any atom is -0.462 e. The van der Waals surface area contributed by atoms with Gasteiger partial charge in [0, 0.05) is 16.8 Å². The number of benzene rings is 1. The molecule has 0 aliphatic carbocycles. The molecular weight excluding hydrogens is 299 g/mol. The van der Waals surface area contributed by atoms with E-state index in [1.807, 2.05) is 6.07 Å². The van der Waals surface area contributed by atoms with Crippen LogP contribution in [0.3, 0.4) is 0 Å². The Morgan fingerprint density at radius 3 is 2.85 bits per heavy atom. The SMILES string of the molecule is CCOC(=O)c1cnc(-c2cccc(Cl)c2)nc1CCl. The number of rotatable bonds is 4. The zero-order valence-corrected chi connectivity index (χ0v) is 12.3. The number of ether oxygens (including phenoxy) is 1. The molecule has 0 unspecified atom stereocenters. The van der Waals surface area contributed by atoms with Gasteiger partial charge in [0.05, 0.1) is 18.2 Å². The molecule has 0 atom stereocenters. The molecule has 2 rings (SSSR count). The van der Waals surface area contributed by atoms with Gasteiger partial charge in [-0.1, -0.05) is 23.7 Å². The van der Waals surface area contributed by atoms with Crippen LogP contribution < -0.4 is 0 Å². The van der Waals surface area contributed by atoms with E-state index < -0.39 is 5.97 Å². The summed E-state index contributed by atoms with van der Waals surface area (Å²) >= 11 is 11.8. The van der Waals surface area contributed by atoms with Crippen LogP contribution in [0.25, 0.3) is 11.4 Å². The fourth-order valence-electron chi connectivity index (χ4n) is 1.67. The summed E-state index contributed by atoms with van der Waals surface area (Å²) in [6, 6.07) is 7.16. The Kier molecular flexibility index (Phi) is 4.93. The Bertz CT molecular complexity index is 632. The first kappa shape index (κ1) is 14.8. The van der Waals surface area contributed by atoms with Crippen LogP contribution in [-0.2, 0) is 10.6 Å². The van der Waals surface area contributed by atoms with Crippen molar-refractivity contribution in [1.82, 2.24) is 9.97 Å². The molecule has 1 aromatic heterocycles. The Labute approximate surface area is 126 Å². The largest absolute Gasteiger partial charge is 0.462 e. The maximum Gasteiger partial charge on any atom is 0.341 e. The van der Waals surface area contributed by atoms with E-state index in [4.69, 9.17) is 27.9 Å². The third kappa shape index (κ3) is 3.26. The van der Waals surface area contributed by atoms with Crippen LogP contribution in [0.5, 0.6) is 0 Å². The zero-order valence-electron chi connectivity index (χ0n) is 10.8. The molecule has 4 nitrogen and oxygen atoms in total. The molecule has 0 spiro atoms. The minimum absolute atomic E-state index is 0.101. The maximum atomic E-state index is 11.7. The maximum absolute atomic E-state index is 11.7. The van der Waals surface area contributed by atoms with Gasteiger partial charge in [-0.15, -0.1) is 11.6 Å².